The van der Waals surface area contributed by atoms with Crippen molar-refractivity contribution in [2.75, 3.05) is 13.1 Å². The Labute approximate surface area is 159 Å². The molecule has 0 radical (unpaired) electrons. The lowest BCUT2D eigenvalue weighted by Gasteiger charge is -2.32. The van der Waals surface area contributed by atoms with Crippen LogP contribution in [0.4, 0.5) is 0 Å². The molecule has 0 atom stereocenters. The summed E-state index contributed by atoms with van der Waals surface area (Å²) in [5, 5.41) is 0. The number of hydrogen-bond donors (Lipinski definition) is 0. The fraction of sp³-hybridized carbons (Fsp3) is 0.318. The predicted octanol–water partition coefficient (Wildman–Crippen LogP) is 4.08. The highest BCUT2D eigenvalue weighted by Crippen LogP contribution is 2.25. The molecule has 3 heterocycles. The summed E-state index contributed by atoms with van der Waals surface area (Å²) in [6.07, 6.45) is 6.17. The highest BCUT2D eigenvalue weighted by molar-refractivity contribution is 5.80. The Kier molecular flexibility index (Phi) is 5.01. The van der Waals surface area contributed by atoms with Crippen LogP contribution in [-0.4, -0.2) is 40.0 Å². The van der Waals surface area contributed by atoms with Crippen molar-refractivity contribution in [3.05, 3.63) is 54.9 Å². The van der Waals surface area contributed by atoms with Gasteiger partial charge in [0.25, 0.3) is 0 Å². The molecule has 1 saturated heterocycles. The van der Waals surface area contributed by atoms with Crippen molar-refractivity contribution in [1.82, 2.24) is 14.9 Å². The van der Waals surface area contributed by atoms with Crippen LogP contribution in [0.5, 0.6) is 5.75 Å². The number of fused-ring (bicyclic) bond motifs is 1. The second-order valence-electron chi connectivity index (χ2n) is 6.84. The van der Waals surface area contributed by atoms with Gasteiger partial charge in [-0.1, -0.05) is 19.1 Å². The van der Waals surface area contributed by atoms with Crippen LogP contribution in [0.15, 0.2) is 54.9 Å². The number of rotatable bonds is 4. The molecule has 1 aliphatic rings. The lowest BCUT2D eigenvalue weighted by atomic mass is 10.1. The molecule has 4 rings (SSSR count). The maximum Gasteiger partial charge on any atom is 0.222 e. The van der Waals surface area contributed by atoms with Gasteiger partial charge >= 0.3 is 0 Å². The third-order valence-electron chi connectivity index (χ3n) is 5.04. The number of ether oxygens (including phenoxy) is 1. The summed E-state index contributed by atoms with van der Waals surface area (Å²) in [4.78, 5) is 22.5. The van der Waals surface area contributed by atoms with E-state index in [9.17, 15) is 4.79 Å². The largest absolute Gasteiger partial charge is 0.490 e. The highest BCUT2D eigenvalue weighted by atomic mass is 16.5. The molecule has 0 unspecified atom stereocenters. The SMILES string of the molecule is CCC(=O)N1CCC(Oc2ccc(-c3cnc4cccnc4c3)cc2)CC1. The molecule has 0 saturated carbocycles. The molecule has 5 heteroatoms. The summed E-state index contributed by atoms with van der Waals surface area (Å²) < 4.78 is 6.11. The minimum Gasteiger partial charge on any atom is -0.490 e. The Morgan fingerprint density at radius 1 is 1.07 bits per heavy atom. The van der Waals surface area contributed by atoms with Gasteiger partial charge in [-0.25, -0.2) is 0 Å². The fourth-order valence-corrected chi connectivity index (χ4v) is 3.48. The number of likely N-dealkylation sites (tertiary alicyclic amines) is 1. The molecule has 0 bridgehead atoms. The van der Waals surface area contributed by atoms with E-state index >= 15 is 0 Å². The molecule has 138 valence electrons. The van der Waals surface area contributed by atoms with E-state index in [1.807, 2.05) is 42.3 Å². The van der Waals surface area contributed by atoms with E-state index < -0.39 is 0 Å². The molecular weight excluding hydrogens is 338 g/mol. The normalized spacial score (nSPS) is 15.1. The number of aromatic nitrogens is 2. The van der Waals surface area contributed by atoms with Gasteiger partial charge in [-0.2, -0.15) is 0 Å². The summed E-state index contributed by atoms with van der Waals surface area (Å²) in [7, 11) is 0. The fourth-order valence-electron chi connectivity index (χ4n) is 3.48. The third-order valence-corrected chi connectivity index (χ3v) is 5.04. The van der Waals surface area contributed by atoms with Crippen molar-refractivity contribution in [3.8, 4) is 16.9 Å². The average Bonchev–Trinajstić information content (AvgIpc) is 2.74. The molecule has 1 fully saturated rings. The van der Waals surface area contributed by atoms with Crippen LogP contribution in [0.2, 0.25) is 0 Å². The van der Waals surface area contributed by atoms with Crippen molar-refractivity contribution in [1.29, 1.82) is 0 Å². The number of benzene rings is 1. The molecule has 5 nitrogen and oxygen atoms in total. The van der Waals surface area contributed by atoms with Gasteiger partial charge in [0.05, 0.1) is 11.0 Å². The Balaban J connectivity index is 1.41. The van der Waals surface area contributed by atoms with E-state index in [0.29, 0.717) is 6.42 Å². The monoisotopic (exact) mass is 361 g/mol. The third kappa shape index (κ3) is 3.92. The van der Waals surface area contributed by atoms with Gasteiger partial charge in [0, 0.05) is 50.3 Å². The second kappa shape index (κ2) is 7.74. The summed E-state index contributed by atoms with van der Waals surface area (Å²) >= 11 is 0. The molecule has 2 aromatic heterocycles. The molecule has 27 heavy (non-hydrogen) atoms. The lowest BCUT2D eigenvalue weighted by molar-refractivity contribution is -0.132. The Morgan fingerprint density at radius 2 is 1.85 bits per heavy atom. The first-order chi connectivity index (χ1) is 13.2. The summed E-state index contributed by atoms with van der Waals surface area (Å²) in [6.45, 7) is 3.48. The van der Waals surface area contributed by atoms with E-state index in [2.05, 4.69) is 28.2 Å². The number of nitrogens with zero attached hydrogens (tertiary/aromatic N) is 3. The molecule has 3 aromatic rings. The van der Waals surface area contributed by atoms with Crippen molar-refractivity contribution in [2.45, 2.75) is 32.3 Å². The van der Waals surface area contributed by atoms with Gasteiger partial charge in [0.15, 0.2) is 0 Å². The van der Waals surface area contributed by atoms with E-state index in [1.54, 1.807) is 6.20 Å². The maximum absolute atomic E-state index is 11.8. The van der Waals surface area contributed by atoms with Crippen LogP contribution in [0.3, 0.4) is 0 Å². The first kappa shape index (κ1) is 17.5. The quantitative estimate of drug-likeness (QED) is 0.703. The van der Waals surface area contributed by atoms with Gasteiger partial charge in [0.2, 0.25) is 5.91 Å². The van der Waals surface area contributed by atoms with E-state index in [1.165, 1.54) is 0 Å². The van der Waals surface area contributed by atoms with Gasteiger partial charge in [-0.05, 0) is 35.9 Å². The number of hydrogen-bond acceptors (Lipinski definition) is 4. The Morgan fingerprint density at radius 3 is 2.59 bits per heavy atom. The Hall–Kier alpha value is -2.95. The minimum atomic E-state index is 0.170. The average molecular weight is 361 g/mol. The van der Waals surface area contributed by atoms with E-state index in [-0.39, 0.29) is 12.0 Å². The highest BCUT2D eigenvalue weighted by Gasteiger charge is 2.22. The number of carbonyl (C=O) groups excluding carboxylic acids is 1. The van der Waals surface area contributed by atoms with Crippen molar-refractivity contribution >= 4 is 16.9 Å². The summed E-state index contributed by atoms with van der Waals surface area (Å²) in [5.41, 5.74) is 3.92. The van der Waals surface area contributed by atoms with Crippen LogP contribution < -0.4 is 4.74 Å². The zero-order valence-corrected chi connectivity index (χ0v) is 15.5. The standard InChI is InChI=1S/C22H23N3O2/c1-2-22(26)25-12-9-19(10-13-25)27-18-7-5-16(6-8-18)17-14-21-20(24-15-17)4-3-11-23-21/h3-8,11,14-15,19H,2,9-10,12-13H2,1H3. The van der Waals surface area contributed by atoms with Crippen LogP contribution in [-0.2, 0) is 4.79 Å². The van der Waals surface area contributed by atoms with Crippen LogP contribution in [0.1, 0.15) is 26.2 Å². The molecule has 1 aromatic carbocycles. The van der Waals surface area contributed by atoms with Gasteiger partial charge in [-0.3, -0.25) is 14.8 Å². The second-order valence-corrected chi connectivity index (χ2v) is 6.84. The first-order valence-corrected chi connectivity index (χ1v) is 9.48. The molecule has 0 aliphatic carbocycles. The van der Waals surface area contributed by atoms with Crippen LogP contribution >= 0.6 is 0 Å². The van der Waals surface area contributed by atoms with Gasteiger partial charge < -0.3 is 9.64 Å². The van der Waals surface area contributed by atoms with Crippen molar-refractivity contribution in [2.24, 2.45) is 0 Å². The number of pyridine rings is 2. The molecule has 0 spiro atoms. The van der Waals surface area contributed by atoms with Crippen LogP contribution in [0.25, 0.3) is 22.2 Å². The van der Waals surface area contributed by atoms with E-state index in [4.69, 9.17) is 4.74 Å². The smallest absolute Gasteiger partial charge is 0.222 e. The minimum absolute atomic E-state index is 0.170. The van der Waals surface area contributed by atoms with Gasteiger partial charge in [-0.15, -0.1) is 0 Å². The molecule has 1 aliphatic heterocycles. The first-order valence-electron chi connectivity index (χ1n) is 9.48. The topological polar surface area (TPSA) is 55.3 Å². The maximum atomic E-state index is 11.8. The zero-order valence-electron chi connectivity index (χ0n) is 15.5. The van der Waals surface area contributed by atoms with E-state index in [0.717, 1.165) is 53.8 Å². The molecule has 1 amide bonds. The molecular formula is C22H23N3O2. The Bertz CT molecular complexity index is 932. The number of carbonyl (C=O) groups is 1. The van der Waals surface area contributed by atoms with Crippen molar-refractivity contribution in [3.63, 3.8) is 0 Å². The predicted molar refractivity (Wildman–Crippen MR) is 105 cm³/mol. The van der Waals surface area contributed by atoms with Gasteiger partial charge in [0.1, 0.15) is 11.9 Å². The summed E-state index contributed by atoms with van der Waals surface area (Å²) in [5.74, 6) is 1.10. The lowest BCUT2D eigenvalue weighted by Crippen LogP contribution is -2.41. The van der Waals surface area contributed by atoms with Crippen molar-refractivity contribution < 1.29 is 9.53 Å². The zero-order chi connectivity index (χ0) is 18.6. The molecule has 0 N–H and O–H groups in total. The van der Waals surface area contributed by atoms with Crippen LogP contribution in [0, 0.1) is 0 Å². The number of amides is 1. The summed E-state index contributed by atoms with van der Waals surface area (Å²) in [6, 6.07) is 14.0. The number of piperidine rings is 1.